The van der Waals surface area contributed by atoms with Gasteiger partial charge >= 0.3 is 0 Å². The van der Waals surface area contributed by atoms with Crippen molar-refractivity contribution in [3.8, 4) is 0 Å². The van der Waals surface area contributed by atoms with Gasteiger partial charge in [0.25, 0.3) is 0 Å². The SMILES string of the molecule is O=C(Cc1c(F)cccc1Cl)NCC(O)c1ccc(Cl)cc1. The predicted octanol–water partition coefficient (Wildman–Crippen LogP) is 3.52. The minimum atomic E-state index is -0.864. The van der Waals surface area contributed by atoms with Gasteiger partial charge in [0.1, 0.15) is 5.82 Å². The highest BCUT2D eigenvalue weighted by molar-refractivity contribution is 6.31. The summed E-state index contributed by atoms with van der Waals surface area (Å²) in [5, 5.41) is 13.3. The van der Waals surface area contributed by atoms with Crippen molar-refractivity contribution in [1.82, 2.24) is 5.32 Å². The van der Waals surface area contributed by atoms with Crippen molar-refractivity contribution in [1.29, 1.82) is 0 Å². The average Bonchev–Trinajstić information content (AvgIpc) is 2.49. The largest absolute Gasteiger partial charge is 0.387 e. The summed E-state index contributed by atoms with van der Waals surface area (Å²) in [6, 6.07) is 10.9. The number of halogens is 3. The van der Waals surface area contributed by atoms with Crippen LogP contribution in [-0.2, 0) is 11.2 Å². The van der Waals surface area contributed by atoms with Crippen molar-refractivity contribution < 1.29 is 14.3 Å². The van der Waals surface area contributed by atoms with E-state index in [0.29, 0.717) is 10.6 Å². The molecule has 22 heavy (non-hydrogen) atoms. The van der Waals surface area contributed by atoms with Crippen LogP contribution in [0.3, 0.4) is 0 Å². The molecule has 0 aromatic heterocycles. The smallest absolute Gasteiger partial charge is 0.224 e. The Bertz CT molecular complexity index is 641. The molecule has 1 atom stereocenters. The topological polar surface area (TPSA) is 49.3 Å². The van der Waals surface area contributed by atoms with Crippen LogP contribution in [0, 0.1) is 5.82 Å². The molecule has 0 aliphatic heterocycles. The molecule has 0 radical (unpaired) electrons. The van der Waals surface area contributed by atoms with Gasteiger partial charge in [0.15, 0.2) is 0 Å². The molecule has 2 aromatic rings. The second kappa shape index (κ2) is 7.58. The number of nitrogens with one attached hydrogen (secondary N) is 1. The van der Waals surface area contributed by atoms with Crippen molar-refractivity contribution in [2.75, 3.05) is 6.54 Å². The third-order valence-electron chi connectivity index (χ3n) is 3.15. The maximum absolute atomic E-state index is 13.6. The molecule has 6 heteroatoms. The number of aliphatic hydroxyl groups is 1. The third-order valence-corrected chi connectivity index (χ3v) is 3.75. The Morgan fingerprint density at radius 3 is 2.50 bits per heavy atom. The summed E-state index contributed by atoms with van der Waals surface area (Å²) in [4.78, 5) is 11.8. The van der Waals surface area contributed by atoms with E-state index >= 15 is 0 Å². The Morgan fingerprint density at radius 1 is 1.18 bits per heavy atom. The molecule has 0 saturated carbocycles. The van der Waals surface area contributed by atoms with E-state index in [1.54, 1.807) is 24.3 Å². The highest BCUT2D eigenvalue weighted by Crippen LogP contribution is 2.19. The first-order valence-corrected chi connectivity index (χ1v) is 7.36. The molecule has 0 bridgehead atoms. The summed E-state index contributed by atoms with van der Waals surface area (Å²) >= 11 is 11.6. The molecule has 1 amide bonds. The van der Waals surface area contributed by atoms with Gasteiger partial charge in [-0.15, -0.1) is 0 Å². The number of benzene rings is 2. The van der Waals surface area contributed by atoms with E-state index < -0.39 is 17.8 Å². The summed E-state index contributed by atoms with van der Waals surface area (Å²) in [7, 11) is 0. The molecular formula is C16H14Cl2FNO2. The Kier molecular flexibility index (Phi) is 5.77. The number of hydrogen-bond donors (Lipinski definition) is 2. The molecule has 1 unspecified atom stereocenters. The van der Waals surface area contributed by atoms with E-state index in [9.17, 15) is 14.3 Å². The van der Waals surface area contributed by atoms with Gasteiger partial charge in [-0.1, -0.05) is 41.4 Å². The van der Waals surface area contributed by atoms with Crippen molar-refractivity contribution >= 4 is 29.1 Å². The number of amides is 1. The fourth-order valence-corrected chi connectivity index (χ4v) is 2.29. The lowest BCUT2D eigenvalue weighted by Gasteiger charge is -2.13. The summed E-state index contributed by atoms with van der Waals surface area (Å²) in [6.07, 6.45) is -1.05. The Labute approximate surface area is 137 Å². The van der Waals surface area contributed by atoms with Gasteiger partial charge in [-0.3, -0.25) is 4.79 Å². The lowest BCUT2D eigenvalue weighted by molar-refractivity contribution is -0.120. The maximum Gasteiger partial charge on any atom is 0.224 e. The van der Waals surface area contributed by atoms with E-state index in [4.69, 9.17) is 23.2 Å². The Morgan fingerprint density at radius 2 is 1.86 bits per heavy atom. The predicted molar refractivity (Wildman–Crippen MR) is 84.5 cm³/mol. The van der Waals surface area contributed by atoms with E-state index in [1.807, 2.05) is 0 Å². The summed E-state index contributed by atoms with van der Waals surface area (Å²) in [5.74, 6) is -0.944. The minimum Gasteiger partial charge on any atom is -0.387 e. The van der Waals surface area contributed by atoms with Gasteiger partial charge in [0, 0.05) is 22.2 Å². The summed E-state index contributed by atoms with van der Waals surface area (Å²) in [5.41, 5.74) is 0.774. The van der Waals surface area contributed by atoms with Crippen LogP contribution in [-0.4, -0.2) is 17.6 Å². The summed E-state index contributed by atoms with van der Waals surface area (Å²) < 4.78 is 13.6. The van der Waals surface area contributed by atoms with Crippen LogP contribution in [0.5, 0.6) is 0 Å². The van der Waals surface area contributed by atoms with Gasteiger partial charge in [-0.25, -0.2) is 4.39 Å². The van der Waals surface area contributed by atoms with Crippen molar-refractivity contribution in [2.24, 2.45) is 0 Å². The van der Waals surface area contributed by atoms with E-state index in [1.165, 1.54) is 18.2 Å². The zero-order chi connectivity index (χ0) is 16.1. The second-order valence-corrected chi connectivity index (χ2v) is 5.59. The van der Waals surface area contributed by atoms with Crippen LogP contribution >= 0.6 is 23.2 Å². The van der Waals surface area contributed by atoms with Gasteiger partial charge in [0.05, 0.1) is 12.5 Å². The van der Waals surface area contributed by atoms with Crippen molar-refractivity contribution in [2.45, 2.75) is 12.5 Å². The van der Waals surface area contributed by atoms with Crippen LogP contribution in [0.1, 0.15) is 17.2 Å². The van der Waals surface area contributed by atoms with Crippen LogP contribution < -0.4 is 5.32 Å². The maximum atomic E-state index is 13.6. The van der Waals surface area contributed by atoms with Crippen LogP contribution in [0.25, 0.3) is 0 Å². The fourth-order valence-electron chi connectivity index (χ4n) is 1.94. The first-order valence-electron chi connectivity index (χ1n) is 6.60. The lowest BCUT2D eigenvalue weighted by Crippen LogP contribution is -2.30. The fraction of sp³-hybridized carbons (Fsp3) is 0.188. The molecule has 0 aliphatic rings. The van der Waals surface area contributed by atoms with Crippen LogP contribution in [0.2, 0.25) is 10.0 Å². The lowest BCUT2D eigenvalue weighted by atomic mass is 10.1. The average molecular weight is 342 g/mol. The molecule has 3 nitrogen and oxygen atoms in total. The highest BCUT2D eigenvalue weighted by atomic mass is 35.5. The molecule has 116 valence electrons. The molecule has 2 N–H and O–H groups in total. The van der Waals surface area contributed by atoms with Gasteiger partial charge < -0.3 is 10.4 Å². The molecule has 2 rings (SSSR count). The van der Waals surface area contributed by atoms with Crippen LogP contribution in [0.15, 0.2) is 42.5 Å². The zero-order valence-corrected chi connectivity index (χ0v) is 13.0. The molecule has 0 aliphatic carbocycles. The molecule has 2 aromatic carbocycles. The molecular weight excluding hydrogens is 328 g/mol. The van der Waals surface area contributed by atoms with Gasteiger partial charge in [-0.05, 0) is 29.8 Å². The Balaban J connectivity index is 1.91. The monoisotopic (exact) mass is 341 g/mol. The van der Waals surface area contributed by atoms with Crippen LogP contribution in [0.4, 0.5) is 4.39 Å². The normalized spacial score (nSPS) is 12.0. The van der Waals surface area contributed by atoms with Crippen molar-refractivity contribution in [3.63, 3.8) is 0 Å². The van der Waals surface area contributed by atoms with E-state index in [-0.39, 0.29) is 23.6 Å². The number of carbonyl (C=O) groups excluding carboxylic acids is 1. The number of rotatable bonds is 5. The molecule has 0 fully saturated rings. The molecule has 0 spiro atoms. The number of aliphatic hydroxyl groups excluding tert-OH is 1. The third kappa shape index (κ3) is 4.44. The van der Waals surface area contributed by atoms with Gasteiger partial charge in [-0.2, -0.15) is 0 Å². The van der Waals surface area contributed by atoms with E-state index in [0.717, 1.165) is 0 Å². The first-order chi connectivity index (χ1) is 10.5. The molecule has 0 heterocycles. The quantitative estimate of drug-likeness (QED) is 0.873. The highest BCUT2D eigenvalue weighted by Gasteiger charge is 2.13. The Hall–Kier alpha value is -1.62. The molecule has 0 saturated heterocycles. The zero-order valence-electron chi connectivity index (χ0n) is 11.5. The number of hydrogen-bond acceptors (Lipinski definition) is 2. The van der Waals surface area contributed by atoms with Gasteiger partial charge in [0.2, 0.25) is 5.91 Å². The van der Waals surface area contributed by atoms with E-state index in [2.05, 4.69) is 5.32 Å². The number of carbonyl (C=O) groups is 1. The first kappa shape index (κ1) is 16.7. The summed E-state index contributed by atoms with van der Waals surface area (Å²) in [6.45, 7) is 0.0204. The van der Waals surface area contributed by atoms with Crippen molar-refractivity contribution in [3.05, 3.63) is 69.5 Å². The minimum absolute atomic E-state index is 0.0204. The standard InChI is InChI=1S/C16H14Cl2FNO2/c17-11-6-4-10(5-7-11)15(21)9-20-16(22)8-12-13(18)2-1-3-14(12)19/h1-7,15,21H,8-9H2,(H,20,22). The second-order valence-electron chi connectivity index (χ2n) is 4.75.